The minimum absolute atomic E-state index is 0.136. The van der Waals surface area contributed by atoms with Gasteiger partial charge >= 0.3 is 5.97 Å². The van der Waals surface area contributed by atoms with Crippen molar-refractivity contribution >= 4 is 17.6 Å². The zero-order valence-corrected chi connectivity index (χ0v) is 14.6. The fourth-order valence-electron chi connectivity index (χ4n) is 2.61. The standard InChI is InChI=1S/C20H20N2O5/c23-19(18-10-9-17(27-18)15-8-4-5-11-21-15)22-16(20(24)25)13-26-12-14-6-2-1-3-7-14/h1-9,11,16,18H,10,12-13H2,(H,22,23)(H,24,25)/t16-,18?/m0/s1. The lowest BCUT2D eigenvalue weighted by atomic mass is 10.2. The average Bonchev–Trinajstić information content (AvgIpc) is 3.19. The van der Waals surface area contributed by atoms with Crippen molar-refractivity contribution < 1.29 is 24.2 Å². The lowest BCUT2D eigenvalue weighted by molar-refractivity contribution is -0.145. The van der Waals surface area contributed by atoms with Gasteiger partial charge in [0.2, 0.25) is 0 Å². The number of hydrogen-bond acceptors (Lipinski definition) is 5. The minimum Gasteiger partial charge on any atom is -0.480 e. The van der Waals surface area contributed by atoms with Gasteiger partial charge in [-0.15, -0.1) is 0 Å². The molecule has 0 radical (unpaired) electrons. The van der Waals surface area contributed by atoms with Gasteiger partial charge in [0.05, 0.1) is 13.2 Å². The van der Waals surface area contributed by atoms with Crippen LogP contribution in [-0.4, -0.2) is 40.7 Å². The van der Waals surface area contributed by atoms with Gasteiger partial charge in [0.1, 0.15) is 11.5 Å². The minimum atomic E-state index is -1.16. The third-order valence-corrected chi connectivity index (χ3v) is 4.01. The molecule has 1 aliphatic rings. The summed E-state index contributed by atoms with van der Waals surface area (Å²) >= 11 is 0. The van der Waals surface area contributed by atoms with E-state index < -0.39 is 24.0 Å². The molecule has 1 aliphatic heterocycles. The molecule has 27 heavy (non-hydrogen) atoms. The number of nitrogens with zero attached hydrogens (tertiary/aromatic N) is 1. The first-order valence-electron chi connectivity index (χ1n) is 8.56. The lowest BCUT2D eigenvalue weighted by Gasteiger charge is -2.18. The van der Waals surface area contributed by atoms with E-state index in [4.69, 9.17) is 9.47 Å². The van der Waals surface area contributed by atoms with Crippen LogP contribution in [0.2, 0.25) is 0 Å². The predicted octanol–water partition coefficient (Wildman–Crippen LogP) is 2.00. The van der Waals surface area contributed by atoms with E-state index in [1.54, 1.807) is 24.4 Å². The van der Waals surface area contributed by atoms with Gasteiger partial charge in [-0.25, -0.2) is 4.79 Å². The summed E-state index contributed by atoms with van der Waals surface area (Å²) in [5, 5.41) is 11.8. The summed E-state index contributed by atoms with van der Waals surface area (Å²) in [6.45, 7) is 0.134. The number of aliphatic carboxylic acids is 1. The second-order valence-corrected chi connectivity index (χ2v) is 6.03. The quantitative estimate of drug-likeness (QED) is 0.740. The molecule has 0 saturated heterocycles. The molecule has 2 heterocycles. The molecule has 2 atom stereocenters. The first-order chi connectivity index (χ1) is 13.1. The molecule has 0 spiro atoms. The van der Waals surface area contributed by atoms with E-state index in [2.05, 4.69) is 10.3 Å². The summed E-state index contributed by atoms with van der Waals surface area (Å²) in [7, 11) is 0. The Bertz CT molecular complexity index is 808. The van der Waals surface area contributed by atoms with Crippen LogP contribution in [0, 0.1) is 0 Å². The first kappa shape index (κ1) is 18.6. The summed E-state index contributed by atoms with van der Waals surface area (Å²) in [4.78, 5) is 28.0. The van der Waals surface area contributed by atoms with E-state index in [-0.39, 0.29) is 13.2 Å². The van der Waals surface area contributed by atoms with Crippen molar-refractivity contribution in [2.75, 3.05) is 6.61 Å². The Kier molecular flexibility index (Phi) is 6.17. The maximum atomic E-state index is 12.4. The number of rotatable bonds is 8. The third-order valence-electron chi connectivity index (χ3n) is 4.01. The van der Waals surface area contributed by atoms with Crippen LogP contribution >= 0.6 is 0 Å². The number of carboxylic acids is 1. The number of carbonyl (C=O) groups is 2. The van der Waals surface area contributed by atoms with E-state index in [1.807, 2.05) is 36.4 Å². The first-order valence-corrected chi connectivity index (χ1v) is 8.56. The highest BCUT2D eigenvalue weighted by atomic mass is 16.5. The van der Waals surface area contributed by atoms with Crippen LogP contribution in [0.25, 0.3) is 5.76 Å². The predicted molar refractivity (Wildman–Crippen MR) is 97.4 cm³/mol. The molecule has 1 amide bonds. The van der Waals surface area contributed by atoms with Crippen LogP contribution in [0.1, 0.15) is 17.7 Å². The van der Waals surface area contributed by atoms with Gasteiger partial charge in [0.15, 0.2) is 12.1 Å². The maximum Gasteiger partial charge on any atom is 0.328 e. The molecular weight excluding hydrogens is 348 g/mol. The second kappa shape index (κ2) is 8.95. The van der Waals surface area contributed by atoms with Crippen LogP contribution in [0.15, 0.2) is 60.8 Å². The number of carboxylic acid groups (broad SMARTS) is 1. The SMILES string of the molecule is O=C(N[C@@H](COCc1ccccc1)C(=O)O)C1CC=C(c2ccccn2)O1. The summed E-state index contributed by atoms with van der Waals surface area (Å²) < 4.78 is 11.1. The van der Waals surface area contributed by atoms with Gasteiger partial charge in [0.25, 0.3) is 5.91 Å². The van der Waals surface area contributed by atoms with Crippen molar-refractivity contribution in [2.45, 2.75) is 25.2 Å². The number of nitrogens with one attached hydrogen (secondary N) is 1. The molecule has 7 heteroatoms. The molecule has 1 unspecified atom stereocenters. The molecule has 0 bridgehead atoms. The van der Waals surface area contributed by atoms with Crippen LogP contribution < -0.4 is 5.32 Å². The van der Waals surface area contributed by atoms with E-state index in [9.17, 15) is 14.7 Å². The number of ether oxygens (including phenoxy) is 2. The van der Waals surface area contributed by atoms with Crippen LogP contribution in [0.3, 0.4) is 0 Å². The number of amides is 1. The third kappa shape index (κ3) is 5.15. The zero-order valence-electron chi connectivity index (χ0n) is 14.6. The molecule has 0 saturated carbocycles. The largest absolute Gasteiger partial charge is 0.480 e. The smallest absolute Gasteiger partial charge is 0.328 e. The molecule has 1 aromatic heterocycles. The topological polar surface area (TPSA) is 97.8 Å². The van der Waals surface area contributed by atoms with Crippen molar-refractivity contribution in [1.82, 2.24) is 10.3 Å². The molecule has 140 valence electrons. The highest BCUT2D eigenvalue weighted by Crippen LogP contribution is 2.24. The number of aromatic nitrogens is 1. The summed E-state index contributed by atoms with van der Waals surface area (Å²) in [5.74, 6) is -1.14. The van der Waals surface area contributed by atoms with Gasteiger partial charge in [-0.05, 0) is 23.8 Å². The molecule has 1 aromatic carbocycles. The number of hydrogen-bond donors (Lipinski definition) is 2. The highest BCUT2D eigenvalue weighted by Gasteiger charge is 2.30. The van der Waals surface area contributed by atoms with Gasteiger partial charge in [-0.2, -0.15) is 0 Å². The zero-order chi connectivity index (χ0) is 19.1. The van der Waals surface area contributed by atoms with Crippen LogP contribution in [-0.2, 0) is 25.7 Å². The van der Waals surface area contributed by atoms with Crippen molar-refractivity contribution in [3.05, 3.63) is 72.1 Å². The molecule has 3 rings (SSSR count). The van der Waals surface area contributed by atoms with E-state index in [0.717, 1.165) is 5.56 Å². The van der Waals surface area contributed by atoms with Gasteiger partial charge in [-0.1, -0.05) is 36.4 Å². The Labute approximate surface area is 156 Å². The van der Waals surface area contributed by atoms with Gasteiger partial charge < -0.3 is 19.9 Å². The van der Waals surface area contributed by atoms with E-state index in [0.29, 0.717) is 17.9 Å². The fraction of sp³-hybridized carbons (Fsp3) is 0.250. The highest BCUT2D eigenvalue weighted by molar-refractivity contribution is 5.87. The fourth-order valence-corrected chi connectivity index (χ4v) is 2.61. The van der Waals surface area contributed by atoms with Gasteiger partial charge in [-0.3, -0.25) is 9.78 Å². The van der Waals surface area contributed by atoms with Crippen molar-refractivity contribution in [3.8, 4) is 0 Å². The van der Waals surface area contributed by atoms with Gasteiger partial charge in [0, 0.05) is 12.6 Å². The Morgan fingerprint density at radius 3 is 2.70 bits per heavy atom. The molecular formula is C20H20N2O5. The van der Waals surface area contributed by atoms with Crippen molar-refractivity contribution in [3.63, 3.8) is 0 Å². The average molecular weight is 368 g/mol. The monoisotopic (exact) mass is 368 g/mol. The van der Waals surface area contributed by atoms with Crippen LogP contribution in [0.4, 0.5) is 0 Å². The second-order valence-electron chi connectivity index (χ2n) is 6.03. The maximum absolute atomic E-state index is 12.4. The summed E-state index contributed by atoms with van der Waals surface area (Å²) in [6.07, 6.45) is 2.98. The Morgan fingerprint density at radius 2 is 2.00 bits per heavy atom. The number of carbonyl (C=O) groups excluding carboxylic acids is 1. The Hall–Kier alpha value is -3.19. The Morgan fingerprint density at radius 1 is 1.22 bits per heavy atom. The molecule has 0 fully saturated rings. The van der Waals surface area contributed by atoms with E-state index in [1.165, 1.54) is 0 Å². The van der Waals surface area contributed by atoms with Crippen molar-refractivity contribution in [1.29, 1.82) is 0 Å². The normalized spacial score (nSPS) is 16.9. The molecule has 2 N–H and O–H groups in total. The number of pyridine rings is 1. The van der Waals surface area contributed by atoms with E-state index >= 15 is 0 Å². The summed E-state index contributed by atoms with van der Waals surface area (Å²) in [5.41, 5.74) is 1.56. The molecule has 0 aliphatic carbocycles. The van der Waals surface area contributed by atoms with Crippen LogP contribution in [0.5, 0.6) is 0 Å². The number of benzene rings is 1. The lowest BCUT2D eigenvalue weighted by Crippen LogP contribution is -2.47. The Balaban J connectivity index is 1.50. The molecule has 7 nitrogen and oxygen atoms in total. The summed E-state index contributed by atoms with van der Waals surface area (Å²) in [6, 6.07) is 13.6. The van der Waals surface area contributed by atoms with Crippen molar-refractivity contribution in [2.24, 2.45) is 0 Å². The molecule has 2 aromatic rings.